The first-order valence-electron chi connectivity index (χ1n) is 5.77. The first kappa shape index (κ1) is 11.8. The van der Waals surface area contributed by atoms with E-state index in [4.69, 9.17) is 0 Å². The predicted octanol–water partition coefficient (Wildman–Crippen LogP) is 3.35. The lowest BCUT2D eigenvalue weighted by Gasteiger charge is -2.00. The van der Waals surface area contributed by atoms with Gasteiger partial charge in [0.25, 0.3) is 0 Å². The van der Waals surface area contributed by atoms with Crippen molar-refractivity contribution in [3.63, 3.8) is 0 Å². The highest BCUT2D eigenvalue weighted by Crippen LogP contribution is 2.21. The lowest BCUT2D eigenvalue weighted by molar-refractivity contribution is 0.694. The number of para-hydroxylation sites is 1. The third-order valence-corrected chi connectivity index (χ3v) is 4.72. The Morgan fingerprint density at radius 2 is 2.11 bits per heavy atom. The van der Waals surface area contributed by atoms with E-state index < -0.39 is 0 Å². The first-order valence-corrected chi connectivity index (χ1v) is 7.46. The van der Waals surface area contributed by atoms with Crippen molar-refractivity contribution in [2.75, 3.05) is 0 Å². The van der Waals surface area contributed by atoms with Crippen molar-refractivity contribution in [2.45, 2.75) is 20.0 Å². The normalized spacial score (nSPS) is 11.2. The summed E-state index contributed by atoms with van der Waals surface area (Å²) in [6.45, 7) is 3.73. The van der Waals surface area contributed by atoms with Gasteiger partial charge in [0.05, 0.1) is 21.4 Å². The summed E-state index contributed by atoms with van der Waals surface area (Å²) in [7, 11) is 0. The highest BCUT2D eigenvalue weighted by atomic mass is 32.1. The van der Waals surface area contributed by atoms with Crippen LogP contribution in [0.4, 0.5) is 0 Å². The molecule has 92 valence electrons. The molecular formula is C13H13N3S2. The van der Waals surface area contributed by atoms with Gasteiger partial charge in [-0.15, -0.1) is 22.7 Å². The van der Waals surface area contributed by atoms with E-state index in [9.17, 15) is 0 Å². The van der Waals surface area contributed by atoms with Crippen LogP contribution in [0.1, 0.15) is 15.6 Å². The molecule has 3 nitrogen and oxygen atoms in total. The van der Waals surface area contributed by atoms with Crippen LogP contribution in [0.2, 0.25) is 0 Å². The molecular weight excluding hydrogens is 262 g/mol. The Bertz CT molecular complexity index is 624. The van der Waals surface area contributed by atoms with Gasteiger partial charge in [-0.3, -0.25) is 0 Å². The summed E-state index contributed by atoms with van der Waals surface area (Å²) in [5, 5.41) is 4.56. The van der Waals surface area contributed by atoms with Gasteiger partial charge in [0.1, 0.15) is 5.01 Å². The Balaban J connectivity index is 1.65. The van der Waals surface area contributed by atoms with Gasteiger partial charge in [-0.25, -0.2) is 9.97 Å². The fourth-order valence-corrected chi connectivity index (χ4v) is 3.46. The van der Waals surface area contributed by atoms with Crippen LogP contribution in [-0.2, 0) is 13.1 Å². The molecule has 0 aliphatic carbocycles. The Hall–Kier alpha value is -1.30. The fourth-order valence-electron chi connectivity index (χ4n) is 1.77. The number of hydrogen-bond donors (Lipinski definition) is 1. The molecule has 0 radical (unpaired) electrons. The molecule has 1 N–H and O–H groups in total. The van der Waals surface area contributed by atoms with Crippen molar-refractivity contribution in [3.05, 3.63) is 45.4 Å². The van der Waals surface area contributed by atoms with Crippen LogP contribution < -0.4 is 5.32 Å². The summed E-state index contributed by atoms with van der Waals surface area (Å²) in [4.78, 5) is 10.1. The summed E-state index contributed by atoms with van der Waals surface area (Å²) in [5.74, 6) is 0. The number of aromatic nitrogens is 2. The molecule has 0 unspecified atom stereocenters. The third-order valence-electron chi connectivity index (χ3n) is 2.74. The predicted molar refractivity (Wildman–Crippen MR) is 77.0 cm³/mol. The van der Waals surface area contributed by atoms with E-state index in [0.29, 0.717) is 0 Å². The van der Waals surface area contributed by atoms with Gasteiger partial charge in [0, 0.05) is 18.0 Å². The van der Waals surface area contributed by atoms with Crippen molar-refractivity contribution in [3.8, 4) is 0 Å². The van der Waals surface area contributed by atoms with E-state index in [2.05, 4.69) is 33.5 Å². The van der Waals surface area contributed by atoms with Crippen LogP contribution in [0.25, 0.3) is 10.2 Å². The molecule has 18 heavy (non-hydrogen) atoms. The molecule has 0 aliphatic heterocycles. The highest BCUT2D eigenvalue weighted by molar-refractivity contribution is 7.18. The van der Waals surface area contributed by atoms with Crippen LogP contribution >= 0.6 is 22.7 Å². The van der Waals surface area contributed by atoms with Crippen LogP contribution in [0.3, 0.4) is 0 Å². The van der Waals surface area contributed by atoms with Gasteiger partial charge in [-0.1, -0.05) is 12.1 Å². The minimum atomic E-state index is 0.816. The second-order valence-electron chi connectivity index (χ2n) is 4.04. The SMILES string of the molecule is Cc1ncsc1CNCc1nc2ccccc2s1. The number of nitrogens with zero attached hydrogens (tertiary/aromatic N) is 2. The quantitative estimate of drug-likeness (QED) is 0.793. The molecule has 0 saturated carbocycles. The van der Waals surface area contributed by atoms with Gasteiger partial charge in [-0.05, 0) is 19.1 Å². The zero-order valence-corrected chi connectivity index (χ0v) is 11.6. The highest BCUT2D eigenvalue weighted by Gasteiger charge is 2.04. The Morgan fingerprint density at radius 3 is 2.89 bits per heavy atom. The standard InChI is InChI=1S/C13H13N3S2/c1-9-12(17-8-15-9)6-14-7-13-16-10-4-2-3-5-11(10)18-13/h2-5,8,14H,6-7H2,1H3. The van der Waals surface area contributed by atoms with Crippen molar-refractivity contribution < 1.29 is 0 Å². The number of hydrogen-bond acceptors (Lipinski definition) is 5. The average molecular weight is 275 g/mol. The van der Waals surface area contributed by atoms with Gasteiger partial charge in [0.2, 0.25) is 0 Å². The molecule has 2 aromatic heterocycles. The molecule has 0 spiro atoms. The Morgan fingerprint density at radius 1 is 1.22 bits per heavy atom. The largest absolute Gasteiger partial charge is 0.305 e. The lowest BCUT2D eigenvalue weighted by atomic mass is 10.3. The molecule has 0 amide bonds. The molecule has 1 aromatic carbocycles. The van der Waals surface area contributed by atoms with E-state index in [0.717, 1.165) is 29.3 Å². The van der Waals surface area contributed by atoms with Gasteiger partial charge in [-0.2, -0.15) is 0 Å². The Kier molecular flexibility index (Phi) is 3.36. The van der Waals surface area contributed by atoms with Crippen molar-refractivity contribution >= 4 is 32.9 Å². The van der Waals surface area contributed by atoms with Crippen LogP contribution in [-0.4, -0.2) is 9.97 Å². The van der Waals surface area contributed by atoms with Crippen LogP contribution in [0, 0.1) is 6.92 Å². The zero-order chi connectivity index (χ0) is 12.4. The molecule has 3 aromatic rings. The average Bonchev–Trinajstić information content (AvgIpc) is 2.96. The van der Waals surface area contributed by atoms with Gasteiger partial charge < -0.3 is 5.32 Å². The number of fused-ring (bicyclic) bond motifs is 1. The van der Waals surface area contributed by atoms with E-state index in [1.54, 1.807) is 22.7 Å². The topological polar surface area (TPSA) is 37.8 Å². The van der Waals surface area contributed by atoms with Crippen molar-refractivity contribution in [1.29, 1.82) is 0 Å². The maximum atomic E-state index is 4.60. The molecule has 0 aliphatic rings. The molecule has 2 heterocycles. The van der Waals surface area contributed by atoms with E-state index in [1.165, 1.54) is 9.58 Å². The molecule has 3 rings (SSSR count). The minimum absolute atomic E-state index is 0.816. The van der Waals surface area contributed by atoms with Gasteiger partial charge >= 0.3 is 0 Å². The van der Waals surface area contributed by atoms with E-state index in [-0.39, 0.29) is 0 Å². The lowest BCUT2D eigenvalue weighted by Crippen LogP contribution is -2.12. The Labute approximate surface area is 114 Å². The number of thiazole rings is 2. The zero-order valence-electron chi connectivity index (χ0n) is 10.0. The van der Waals surface area contributed by atoms with Crippen molar-refractivity contribution in [2.24, 2.45) is 0 Å². The fraction of sp³-hybridized carbons (Fsp3) is 0.231. The number of nitrogens with one attached hydrogen (secondary N) is 1. The molecule has 5 heteroatoms. The first-order chi connectivity index (χ1) is 8.83. The molecule has 0 bridgehead atoms. The summed E-state index contributed by atoms with van der Waals surface area (Å²) < 4.78 is 1.25. The maximum absolute atomic E-state index is 4.60. The summed E-state index contributed by atoms with van der Waals surface area (Å²) in [6, 6.07) is 8.25. The summed E-state index contributed by atoms with van der Waals surface area (Å²) >= 11 is 3.45. The number of rotatable bonds is 4. The second-order valence-corrected chi connectivity index (χ2v) is 6.09. The molecule has 0 fully saturated rings. The number of benzene rings is 1. The number of aryl methyl sites for hydroxylation is 1. The smallest absolute Gasteiger partial charge is 0.108 e. The van der Waals surface area contributed by atoms with E-state index in [1.807, 2.05) is 18.5 Å². The second kappa shape index (κ2) is 5.14. The van der Waals surface area contributed by atoms with Crippen LogP contribution in [0.5, 0.6) is 0 Å². The minimum Gasteiger partial charge on any atom is -0.305 e. The maximum Gasteiger partial charge on any atom is 0.108 e. The summed E-state index contributed by atoms with van der Waals surface area (Å²) in [5.41, 5.74) is 4.11. The molecule has 0 atom stereocenters. The van der Waals surface area contributed by atoms with Gasteiger partial charge in [0.15, 0.2) is 0 Å². The monoisotopic (exact) mass is 275 g/mol. The molecule has 0 saturated heterocycles. The summed E-state index contributed by atoms with van der Waals surface area (Å²) in [6.07, 6.45) is 0. The van der Waals surface area contributed by atoms with E-state index >= 15 is 0 Å². The third kappa shape index (κ3) is 2.43. The van der Waals surface area contributed by atoms with Crippen LogP contribution in [0.15, 0.2) is 29.8 Å². The van der Waals surface area contributed by atoms with Crippen molar-refractivity contribution in [1.82, 2.24) is 15.3 Å².